The van der Waals surface area contributed by atoms with Gasteiger partial charge in [0.1, 0.15) is 0 Å². The van der Waals surface area contributed by atoms with E-state index in [-0.39, 0.29) is 0 Å². The molecule has 3 rings (SSSR count). The lowest BCUT2D eigenvalue weighted by Crippen LogP contribution is -2.08. The van der Waals surface area contributed by atoms with Crippen molar-refractivity contribution in [3.63, 3.8) is 0 Å². The molecule has 0 radical (unpaired) electrons. The maximum Gasteiger partial charge on any atom is 0.247 e. The molecule has 25 heavy (non-hydrogen) atoms. The summed E-state index contributed by atoms with van der Waals surface area (Å²) in [5.41, 5.74) is 1.98. The second-order valence-electron chi connectivity index (χ2n) is 5.70. The molecular weight excluding hydrogens is 318 g/mol. The second kappa shape index (κ2) is 7.70. The zero-order valence-corrected chi connectivity index (χ0v) is 14.6. The summed E-state index contributed by atoms with van der Waals surface area (Å²) in [4.78, 5) is 2.03. The van der Waals surface area contributed by atoms with Gasteiger partial charge in [-0.1, -0.05) is 18.2 Å². The lowest BCUT2D eigenvalue weighted by Gasteiger charge is -2.12. The first-order valence-electron chi connectivity index (χ1n) is 8.03. The fraction of sp³-hybridized carbons (Fsp3) is 0.263. The first kappa shape index (κ1) is 16.8. The maximum atomic E-state index is 5.75. The van der Waals surface area contributed by atoms with Crippen molar-refractivity contribution in [2.24, 2.45) is 0 Å². The van der Waals surface area contributed by atoms with Crippen LogP contribution in [0.5, 0.6) is 11.5 Å². The van der Waals surface area contributed by atoms with Crippen molar-refractivity contribution in [3.8, 4) is 23.0 Å². The predicted molar refractivity (Wildman–Crippen MR) is 96.3 cm³/mol. The Morgan fingerprint density at radius 2 is 1.80 bits per heavy atom. The second-order valence-corrected chi connectivity index (χ2v) is 5.70. The molecule has 1 heterocycles. The number of rotatable bonds is 7. The lowest BCUT2D eigenvalue weighted by atomic mass is 10.2. The summed E-state index contributed by atoms with van der Waals surface area (Å²) in [6.07, 6.45) is 0.526. The summed E-state index contributed by atoms with van der Waals surface area (Å²) >= 11 is 0. The van der Waals surface area contributed by atoms with Gasteiger partial charge in [-0.25, -0.2) is 0 Å². The van der Waals surface area contributed by atoms with Crippen LogP contribution < -0.4 is 14.4 Å². The van der Waals surface area contributed by atoms with E-state index in [9.17, 15) is 0 Å². The van der Waals surface area contributed by atoms with Crippen LogP contribution in [0.2, 0.25) is 0 Å². The number of benzene rings is 2. The first-order chi connectivity index (χ1) is 12.2. The van der Waals surface area contributed by atoms with Gasteiger partial charge in [-0.3, -0.25) is 0 Å². The molecule has 0 atom stereocenters. The van der Waals surface area contributed by atoms with E-state index in [1.165, 1.54) is 0 Å². The van der Waals surface area contributed by atoms with Crippen molar-refractivity contribution in [1.82, 2.24) is 10.2 Å². The third-order valence-electron chi connectivity index (χ3n) is 3.72. The van der Waals surface area contributed by atoms with E-state index in [0.29, 0.717) is 36.3 Å². The van der Waals surface area contributed by atoms with Crippen LogP contribution in [0.3, 0.4) is 0 Å². The SMILES string of the molecule is COc1ccccc1OCCc1nnc(-c2cccc(N(C)C)c2)o1. The van der Waals surface area contributed by atoms with Crippen LogP contribution in [0.1, 0.15) is 5.89 Å². The zero-order chi connectivity index (χ0) is 17.6. The van der Waals surface area contributed by atoms with Crippen molar-refractivity contribution in [2.45, 2.75) is 6.42 Å². The monoisotopic (exact) mass is 339 g/mol. The molecule has 0 fully saturated rings. The van der Waals surface area contributed by atoms with E-state index < -0.39 is 0 Å². The van der Waals surface area contributed by atoms with Crippen molar-refractivity contribution in [3.05, 3.63) is 54.4 Å². The molecular formula is C19H21N3O3. The summed E-state index contributed by atoms with van der Waals surface area (Å²) in [5, 5.41) is 8.23. The number of hydrogen-bond acceptors (Lipinski definition) is 6. The summed E-state index contributed by atoms with van der Waals surface area (Å²) in [6, 6.07) is 15.5. The minimum absolute atomic E-state index is 0.430. The summed E-state index contributed by atoms with van der Waals surface area (Å²) in [7, 11) is 5.61. The number of aromatic nitrogens is 2. The van der Waals surface area contributed by atoms with Gasteiger partial charge in [0.2, 0.25) is 11.8 Å². The molecule has 0 spiro atoms. The standard InChI is InChI=1S/C19H21N3O3/c1-22(2)15-8-6-7-14(13-15)19-21-20-18(25-19)11-12-24-17-10-5-4-9-16(17)23-3/h4-10,13H,11-12H2,1-3H3. The molecule has 0 N–H and O–H groups in total. The van der Waals surface area contributed by atoms with Crippen molar-refractivity contribution in [1.29, 1.82) is 0 Å². The average molecular weight is 339 g/mol. The Labute approximate surface area is 147 Å². The first-order valence-corrected chi connectivity index (χ1v) is 8.03. The van der Waals surface area contributed by atoms with Gasteiger partial charge in [0.15, 0.2) is 11.5 Å². The predicted octanol–water partition coefficient (Wildman–Crippen LogP) is 3.43. The van der Waals surface area contributed by atoms with E-state index in [4.69, 9.17) is 13.9 Å². The molecule has 3 aromatic rings. The van der Waals surface area contributed by atoms with E-state index >= 15 is 0 Å². The Balaban J connectivity index is 1.63. The van der Waals surface area contributed by atoms with Gasteiger partial charge in [0.25, 0.3) is 0 Å². The quantitative estimate of drug-likeness (QED) is 0.657. The fourth-order valence-electron chi connectivity index (χ4n) is 2.37. The van der Waals surface area contributed by atoms with Gasteiger partial charge < -0.3 is 18.8 Å². The number of hydrogen-bond donors (Lipinski definition) is 0. The normalized spacial score (nSPS) is 10.5. The molecule has 0 amide bonds. The molecule has 130 valence electrons. The number of methoxy groups -OCH3 is 1. The zero-order valence-electron chi connectivity index (χ0n) is 14.6. The number of ether oxygens (including phenoxy) is 2. The average Bonchev–Trinajstić information content (AvgIpc) is 3.11. The fourth-order valence-corrected chi connectivity index (χ4v) is 2.37. The largest absolute Gasteiger partial charge is 0.493 e. The molecule has 0 saturated carbocycles. The van der Waals surface area contributed by atoms with Crippen LogP contribution in [0.4, 0.5) is 5.69 Å². The molecule has 6 heteroatoms. The van der Waals surface area contributed by atoms with Gasteiger partial charge in [-0.05, 0) is 30.3 Å². The summed E-state index contributed by atoms with van der Waals surface area (Å²) < 4.78 is 16.7. The van der Waals surface area contributed by atoms with Crippen LogP contribution in [-0.2, 0) is 6.42 Å². The van der Waals surface area contributed by atoms with Crippen LogP contribution in [0, 0.1) is 0 Å². The van der Waals surface area contributed by atoms with Gasteiger partial charge in [0.05, 0.1) is 20.1 Å². The maximum absolute atomic E-state index is 5.75. The Kier molecular flexibility index (Phi) is 5.18. The van der Waals surface area contributed by atoms with Crippen molar-refractivity contribution >= 4 is 5.69 Å². The van der Waals surface area contributed by atoms with E-state index in [0.717, 1.165) is 11.3 Å². The summed E-state index contributed by atoms with van der Waals surface area (Å²) in [6.45, 7) is 0.430. The van der Waals surface area contributed by atoms with Crippen molar-refractivity contribution in [2.75, 3.05) is 32.7 Å². The van der Waals surface area contributed by atoms with Crippen LogP contribution >= 0.6 is 0 Å². The van der Waals surface area contributed by atoms with Gasteiger partial charge >= 0.3 is 0 Å². The third kappa shape index (κ3) is 4.09. The van der Waals surface area contributed by atoms with Gasteiger partial charge in [-0.15, -0.1) is 10.2 Å². The Hall–Kier alpha value is -3.02. The smallest absolute Gasteiger partial charge is 0.247 e. The molecule has 2 aromatic carbocycles. The molecule has 1 aromatic heterocycles. The van der Waals surface area contributed by atoms with E-state index in [2.05, 4.69) is 10.2 Å². The Bertz CT molecular complexity index is 830. The number of para-hydroxylation sites is 2. The third-order valence-corrected chi connectivity index (χ3v) is 3.72. The van der Waals surface area contributed by atoms with E-state index in [1.54, 1.807) is 7.11 Å². The van der Waals surface area contributed by atoms with Crippen LogP contribution in [-0.4, -0.2) is 38.0 Å². The van der Waals surface area contributed by atoms with Gasteiger partial charge in [0, 0.05) is 25.3 Å². The minimum Gasteiger partial charge on any atom is -0.493 e. The molecule has 6 nitrogen and oxygen atoms in total. The van der Waals surface area contributed by atoms with Crippen LogP contribution in [0.15, 0.2) is 52.9 Å². The minimum atomic E-state index is 0.430. The molecule has 0 saturated heterocycles. The molecule has 0 bridgehead atoms. The molecule has 0 unspecified atom stereocenters. The van der Waals surface area contributed by atoms with Crippen molar-refractivity contribution < 1.29 is 13.9 Å². The summed E-state index contributed by atoms with van der Waals surface area (Å²) in [5.74, 6) is 2.45. The number of nitrogens with zero attached hydrogens (tertiary/aromatic N) is 3. The lowest BCUT2D eigenvalue weighted by molar-refractivity contribution is 0.287. The highest BCUT2D eigenvalue weighted by atomic mass is 16.5. The Morgan fingerprint density at radius 3 is 2.56 bits per heavy atom. The molecule has 0 aliphatic carbocycles. The highest BCUT2D eigenvalue weighted by Crippen LogP contribution is 2.26. The molecule has 0 aliphatic rings. The van der Waals surface area contributed by atoms with Crippen LogP contribution in [0.25, 0.3) is 11.5 Å². The van der Waals surface area contributed by atoms with Gasteiger partial charge in [-0.2, -0.15) is 0 Å². The number of anilines is 1. The highest BCUT2D eigenvalue weighted by molar-refractivity contribution is 5.61. The van der Waals surface area contributed by atoms with E-state index in [1.807, 2.05) is 67.5 Å². The Morgan fingerprint density at radius 1 is 1.00 bits per heavy atom. The molecule has 0 aliphatic heterocycles. The topological polar surface area (TPSA) is 60.6 Å². The highest BCUT2D eigenvalue weighted by Gasteiger charge is 2.10.